The summed E-state index contributed by atoms with van der Waals surface area (Å²) in [6.45, 7) is 3.95. The van der Waals surface area contributed by atoms with Crippen molar-refractivity contribution >= 4 is 10.9 Å². The third-order valence-corrected chi connectivity index (χ3v) is 4.45. The van der Waals surface area contributed by atoms with Crippen LogP contribution in [0, 0.1) is 5.92 Å². The number of hydrogen-bond acceptors (Lipinski definition) is 3. The van der Waals surface area contributed by atoms with Crippen LogP contribution in [0.2, 0.25) is 0 Å². The molecule has 1 heterocycles. The summed E-state index contributed by atoms with van der Waals surface area (Å²) in [5.41, 5.74) is 1.01. The monoisotopic (exact) mass is 284 g/mol. The maximum Gasteiger partial charge on any atom is 0.138 e. The highest BCUT2D eigenvalue weighted by Crippen LogP contribution is 2.23. The third kappa shape index (κ3) is 3.73. The Hall–Kier alpha value is -1.61. The van der Waals surface area contributed by atoms with E-state index in [1.54, 1.807) is 0 Å². The van der Waals surface area contributed by atoms with Gasteiger partial charge in [-0.1, -0.05) is 38.0 Å². The van der Waals surface area contributed by atoms with E-state index in [-0.39, 0.29) is 0 Å². The van der Waals surface area contributed by atoms with Gasteiger partial charge in [-0.25, -0.2) is 0 Å². The molecular weight excluding hydrogens is 260 g/mol. The molecule has 2 atom stereocenters. The molecule has 112 valence electrons. The van der Waals surface area contributed by atoms with Gasteiger partial charge >= 0.3 is 0 Å². The van der Waals surface area contributed by atoms with Crippen LogP contribution in [0.4, 0.5) is 0 Å². The first-order valence-electron chi connectivity index (χ1n) is 8.04. The van der Waals surface area contributed by atoms with E-state index in [1.165, 1.54) is 25.7 Å². The van der Waals surface area contributed by atoms with E-state index in [2.05, 4.69) is 29.4 Å². The fraction of sp³-hybridized carbons (Fsp3) is 0.500. The average molecular weight is 284 g/mol. The Balaban J connectivity index is 1.48. The van der Waals surface area contributed by atoms with Crippen molar-refractivity contribution in [2.24, 2.45) is 5.92 Å². The van der Waals surface area contributed by atoms with E-state index in [9.17, 15) is 0 Å². The van der Waals surface area contributed by atoms with E-state index in [0.717, 1.165) is 29.1 Å². The molecule has 1 fully saturated rings. The van der Waals surface area contributed by atoms with Gasteiger partial charge in [0, 0.05) is 18.0 Å². The third-order valence-electron chi connectivity index (χ3n) is 4.45. The number of pyridine rings is 1. The lowest BCUT2D eigenvalue weighted by Gasteiger charge is -2.29. The smallest absolute Gasteiger partial charge is 0.138 e. The number of nitrogens with zero attached hydrogens (tertiary/aromatic N) is 1. The zero-order valence-corrected chi connectivity index (χ0v) is 12.7. The molecule has 1 aliphatic rings. The highest BCUT2D eigenvalue weighted by Gasteiger charge is 2.20. The standard InChI is InChI=1S/C18H24N2O/c1-14-6-2-4-8-17(14)19-10-11-21-16-12-15-7-3-5-9-18(15)20-13-16/h3,5,7,9,12-14,17,19H,2,4,6,8,10-11H2,1H3. The van der Waals surface area contributed by atoms with Crippen LogP contribution in [0.25, 0.3) is 10.9 Å². The van der Waals surface area contributed by atoms with Crippen molar-refractivity contribution in [1.82, 2.24) is 10.3 Å². The summed E-state index contributed by atoms with van der Waals surface area (Å²) in [4.78, 5) is 4.42. The van der Waals surface area contributed by atoms with Gasteiger partial charge in [0.2, 0.25) is 0 Å². The summed E-state index contributed by atoms with van der Waals surface area (Å²) in [7, 11) is 0. The molecule has 2 aromatic rings. The van der Waals surface area contributed by atoms with Gasteiger partial charge in [-0.2, -0.15) is 0 Å². The van der Waals surface area contributed by atoms with Crippen molar-refractivity contribution in [2.75, 3.05) is 13.2 Å². The molecule has 3 heteroatoms. The molecule has 0 saturated heterocycles. The van der Waals surface area contributed by atoms with Crippen LogP contribution in [0.1, 0.15) is 32.6 Å². The van der Waals surface area contributed by atoms with Crippen LogP contribution in [0.3, 0.4) is 0 Å². The minimum Gasteiger partial charge on any atom is -0.491 e. The lowest BCUT2D eigenvalue weighted by molar-refractivity contribution is 0.251. The van der Waals surface area contributed by atoms with Crippen LogP contribution in [-0.2, 0) is 0 Å². The Bertz CT molecular complexity index is 584. The summed E-state index contributed by atoms with van der Waals surface area (Å²) in [6, 6.07) is 10.8. The molecule has 3 rings (SSSR count). The average Bonchev–Trinajstić information content (AvgIpc) is 2.53. The summed E-state index contributed by atoms with van der Waals surface area (Å²) in [6.07, 6.45) is 7.22. The van der Waals surface area contributed by atoms with Gasteiger partial charge in [0.1, 0.15) is 12.4 Å². The van der Waals surface area contributed by atoms with Gasteiger partial charge in [0.25, 0.3) is 0 Å². The molecule has 0 bridgehead atoms. The Morgan fingerprint density at radius 1 is 1.24 bits per heavy atom. The Morgan fingerprint density at radius 2 is 2.10 bits per heavy atom. The molecule has 2 unspecified atom stereocenters. The summed E-state index contributed by atoms with van der Waals surface area (Å²) in [5, 5.41) is 4.76. The number of nitrogens with one attached hydrogen (secondary N) is 1. The van der Waals surface area contributed by atoms with Crippen molar-refractivity contribution in [3.05, 3.63) is 36.5 Å². The van der Waals surface area contributed by atoms with Gasteiger partial charge in [-0.3, -0.25) is 4.98 Å². The van der Waals surface area contributed by atoms with Crippen molar-refractivity contribution in [1.29, 1.82) is 0 Å². The lowest BCUT2D eigenvalue weighted by atomic mass is 9.86. The number of benzene rings is 1. The van der Waals surface area contributed by atoms with Crippen LogP contribution in [-0.4, -0.2) is 24.2 Å². The fourth-order valence-corrected chi connectivity index (χ4v) is 3.16. The number of ether oxygens (including phenoxy) is 1. The SMILES string of the molecule is CC1CCCCC1NCCOc1cnc2ccccc2c1. The minimum absolute atomic E-state index is 0.664. The quantitative estimate of drug-likeness (QED) is 0.848. The van der Waals surface area contributed by atoms with Gasteiger partial charge in [-0.15, -0.1) is 0 Å². The normalized spacial score (nSPS) is 22.3. The number of aromatic nitrogens is 1. The first-order chi connectivity index (χ1) is 10.3. The van der Waals surface area contributed by atoms with Crippen molar-refractivity contribution in [3.8, 4) is 5.75 Å². The van der Waals surface area contributed by atoms with E-state index in [0.29, 0.717) is 12.6 Å². The molecular formula is C18H24N2O. The summed E-state index contributed by atoms with van der Waals surface area (Å²) >= 11 is 0. The summed E-state index contributed by atoms with van der Waals surface area (Å²) in [5.74, 6) is 1.65. The predicted molar refractivity (Wildman–Crippen MR) is 86.7 cm³/mol. The maximum absolute atomic E-state index is 5.82. The molecule has 1 aromatic carbocycles. The summed E-state index contributed by atoms with van der Waals surface area (Å²) < 4.78 is 5.82. The second kappa shape index (κ2) is 6.90. The molecule has 0 amide bonds. The van der Waals surface area contributed by atoms with Crippen molar-refractivity contribution in [2.45, 2.75) is 38.6 Å². The van der Waals surface area contributed by atoms with Crippen LogP contribution >= 0.6 is 0 Å². The molecule has 1 saturated carbocycles. The number of rotatable bonds is 5. The minimum atomic E-state index is 0.664. The van der Waals surface area contributed by atoms with Gasteiger partial charge in [-0.05, 0) is 30.9 Å². The highest BCUT2D eigenvalue weighted by molar-refractivity contribution is 5.79. The maximum atomic E-state index is 5.82. The van der Waals surface area contributed by atoms with Crippen molar-refractivity contribution in [3.63, 3.8) is 0 Å². The molecule has 0 radical (unpaired) electrons. The van der Waals surface area contributed by atoms with Crippen molar-refractivity contribution < 1.29 is 4.74 Å². The molecule has 1 aliphatic carbocycles. The highest BCUT2D eigenvalue weighted by atomic mass is 16.5. The Labute approximate surface area is 126 Å². The second-order valence-corrected chi connectivity index (χ2v) is 6.03. The molecule has 0 aliphatic heterocycles. The molecule has 0 spiro atoms. The Kier molecular flexibility index (Phi) is 4.71. The predicted octanol–water partition coefficient (Wildman–Crippen LogP) is 3.78. The van der Waals surface area contributed by atoms with Gasteiger partial charge in [0.05, 0.1) is 11.7 Å². The van der Waals surface area contributed by atoms with Crippen LogP contribution in [0.5, 0.6) is 5.75 Å². The van der Waals surface area contributed by atoms with E-state index in [1.807, 2.05) is 24.4 Å². The van der Waals surface area contributed by atoms with Crippen LogP contribution in [0.15, 0.2) is 36.5 Å². The van der Waals surface area contributed by atoms with E-state index in [4.69, 9.17) is 4.74 Å². The van der Waals surface area contributed by atoms with Gasteiger partial charge in [0.15, 0.2) is 0 Å². The zero-order chi connectivity index (χ0) is 14.5. The fourth-order valence-electron chi connectivity index (χ4n) is 3.16. The largest absolute Gasteiger partial charge is 0.491 e. The van der Waals surface area contributed by atoms with E-state index >= 15 is 0 Å². The number of para-hydroxylation sites is 1. The van der Waals surface area contributed by atoms with E-state index < -0.39 is 0 Å². The Morgan fingerprint density at radius 3 is 3.00 bits per heavy atom. The molecule has 1 N–H and O–H groups in total. The number of hydrogen-bond donors (Lipinski definition) is 1. The topological polar surface area (TPSA) is 34.1 Å². The molecule has 21 heavy (non-hydrogen) atoms. The second-order valence-electron chi connectivity index (χ2n) is 6.03. The lowest BCUT2D eigenvalue weighted by Crippen LogP contribution is -2.39. The molecule has 1 aromatic heterocycles. The first kappa shape index (κ1) is 14.3. The van der Waals surface area contributed by atoms with Crippen LogP contribution < -0.4 is 10.1 Å². The number of fused-ring (bicyclic) bond motifs is 1. The van der Waals surface area contributed by atoms with Gasteiger partial charge < -0.3 is 10.1 Å². The first-order valence-corrected chi connectivity index (χ1v) is 8.04. The zero-order valence-electron chi connectivity index (χ0n) is 12.7. The molecule has 3 nitrogen and oxygen atoms in total.